The van der Waals surface area contributed by atoms with Gasteiger partial charge in [-0.1, -0.05) is 6.07 Å². The Balaban J connectivity index is 1.81. The van der Waals surface area contributed by atoms with E-state index in [9.17, 15) is 0 Å². The molecule has 2 aromatic carbocycles. The average Bonchev–Trinajstić information content (AvgIpc) is 3.04. The molecule has 0 bridgehead atoms. The van der Waals surface area contributed by atoms with Crippen LogP contribution >= 0.6 is 0 Å². The fourth-order valence-corrected chi connectivity index (χ4v) is 4.19. The molecule has 1 heterocycles. The van der Waals surface area contributed by atoms with Crippen LogP contribution in [0.25, 0.3) is 0 Å². The van der Waals surface area contributed by atoms with Crippen LogP contribution in [0, 0.1) is 13.8 Å². The zero-order valence-corrected chi connectivity index (χ0v) is 13.5. The maximum Gasteiger partial charge on any atom is 0.124 e. The lowest BCUT2D eigenvalue weighted by atomic mass is 9.95. The van der Waals surface area contributed by atoms with Crippen LogP contribution in [0.3, 0.4) is 0 Å². The van der Waals surface area contributed by atoms with Crippen LogP contribution in [0.2, 0.25) is 0 Å². The minimum atomic E-state index is 0.375. The molecule has 0 aromatic heterocycles. The summed E-state index contributed by atoms with van der Waals surface area (Å²) < 4.78 is 11.0. The SMILES string of the molecule is COc1ccc2c(c1)C1Cc3c(cc(C)c(OC)c3C)C1N2. The van der Waals surface area contributed by atoms with E-state index in [0.29, 0.717) is 12.0 Å². The summed E-state index contributed by atoms with van der Waals surface area (Å²) in [4.78, 5) is 0. The summed E-state index contributed by atoms with van der Waals surface area (Å²) in [7, 11) is 3.49. The molecule has 114 valence electrons. The van der Waals surface area contributed by atoms with Crippen LogP contribution < -0.4 is 14.8 Å². The fourth-order valence-electron chi connectivity index (χ4n) is 4.19. The Morgan fingerprint density at radius 3 is 2.59 bits per heavy atom. The van der Waals surface area contributed by atoms with Gasteiger partial charge in [0.1, 0.15) is 11.5 Å². The Morgan fingerprint density at radius 2 is 1.86 bits per heavy atom. The Morgan fingerprint density at radius 1 is 1.05 bits per heavy atom. The monoisotopic (exact) mass is 295 g/mol. The van der Waals surface area contributed by atoms with E-state index in [1.54, 1.807) is 14.2 Å². The van der Waals surface area contributed by atoms with Crippen molar-refractivity contribution in [1.29, 1.82) is 0 Å². The van der Waals surface area contributed by atoms with Crippen molar-refractivity contribution in [2.45, 2.75) is 32.2 Å². The van der Waals surface area contributed by atoms with E-state index < -0.39 is 0 Å². The quantitative estimate of drug-likeness (QED) is 0.903. The third-order valence-electron chi connectivity index (χ3n) is 5.21. The van der Waals surface area contributed by atoms with E-state index in [-0.39, 0.29) is 0 Å². The topological polar surface area (TPSA) is 30.5 Å². The molecule has 0 saturated carbocycles. The first-order valence-corrected chi connectivity index (χ1v) is 7.75. The molecule has 3 nitrogen and oxygen atoms in total. The number of rotatable bonds is 2. The highest BCUT2D eigenvalue weighted by molar-refractivity contribution is 5.67. The highest BCUT2D eigenvalue weighted by atomic mass is 16.5. The fraction of sp³-hybridized carbons (Fsp3) is 0.368. The summed E-state index contributed by atoms with van der Waals surface area (Å²) in [5.41, 5.74) is 7.99. The molecule has 0 radical (unpaired) electrons. The standard InChI is InChI=1S/C19H21NO2/c1-10-7-15-13(11(2)19(10)22-4)9-16-14-8-12(21-3)5-6-17(14)20-18(15)16/h5-8,16,18,20H,9H2,1-4H3. The lowest BCUT2D eigenvalue weighted by Crippen LogP contribution is -2.06. The maximum absolute atomic E-state index is 5.59. The minimum Gasteiger partial charge on any atom is -0.497 e. The van der Waals surface area contributed by atoms with Crippen molar-refractivity contribution < 1.29 is 9.47 Å². The number of hydrogen-bond acceptors (Lipinski definition) is 3. The van der Waals surface area contributed by atoms with E-state index in [1.807, 2.05) is 6.07 Å². The molecule has 22 heavy (non-hydrogen) atoms. The van der Waals surface area contributed by atoms with Gasteiger partial charge in [-0.3, -0.25) is 0 Å². The van der Waals surface area contributed by atoms with Gasteiger partial charge in [-0.15, -0.1) is 0 Å². The summed E-state index contributed by atoms with van der Waals surface area (Å²) >= 11 is 0. The Labute approximate surface area is 131 Å². The lowest BCUT2D eigenvalue weighted by molar-refractivity contribution is 0.408. The molecule has 2 aromatic rings. The number of benzene rings is 2. The number of nitrogens with one attached hydrogen (secondary N) is 1. The summed E-state index contributed by atoms with van der Waals surface area (Å²) in [6.07, 6.45) is 1.07. The third kappa shape index (κ3) is 1.68. The third-order valence-corrected chi connectivity index (χ3v) is 5.21. The molecule has 2 atom stereocenters. The van der Waals surface area contributed by atoms with Crippen LogP contribution in [-0.2, 0) is 6.42 Å². The Bertz CT molecular complexity index is 767. The molecule has 0 spiro atoms. The Hall–Kier alpha value is -2.16. The molecule has 2 unspecified atom stereocenters. The molecule has 0 saturated heterocycles. The van der Waals surface area contributed by atoms with E-state index in [4.69, 9.17) is 9.47 Å². The van der Waals surface area contributed by atoms with Gasteiger partial charge in [0.15, 0.2) is 0 Å². The number of methoxy groups -OCH3 is 2. The molecule has 1 aliphatic heterocycles. The van der Waals surface area contributed by atoms with Crippen molar-refractivity contribution in [1.82, 2.24) is 0 Å². The molecule has 2 aliphatic rings. The normalized spacial score (nSPS) is 20.9. The minimum absolute atomic E-state index is 0.375. The smallest absolute Gasteiger partial charge is 0.124 e. The van der Waals surface area contributed by atoms with Gasteiger partial charge >= 0.3 is 0 Å². The molecule has 1 aliphatic carbocycles. The summed E-state index contributed by atoms with van der Waals surface area (Å²) in [6.45, 7) is 4.31. The van der Waals surface area contributed by atoms with Crippen molar-refractivity contribution >= 4 is 5.69 Å². The van der Waals surface area contributed by atoms with Crippen molar-refractivity contribution in [3.8, 4) is 11.5 Å². The van der Waals surface area contributed by atoms with Crippen molar-refractivity contribution in [2.24, 2.45) is 0 Å². The highest BCUT2D eigenvalue weighted by Gasteiger charge is 2.41. The number of fused-ring (bicyclic) bond motifs is 5. The second-order valence-electron chi connectivity index (χ2n) is 6.31. The van der Waals surface area contributed by atoms with Gasteiger partial charge in [0.05, 0.1) is 20.3 Å². The van der Waals surface area contributed by atoms with Crippen LogP contribution in [0.1, 0.15) is 39.8 Å². The number of aryl methyl sites for hydroxylation is 1. The predicted octanol–water partition coefficient (Wildman–Crippen LogP) is 4.13. The summed E-state index contributed by atoms with van der Waals surface area (Å²) in [6, 6.07) is 9.01. The largest absolute Gasteiger partial charge is 0.497 e. The van der Waals surface area contributed by atoms with Gasteiger partial charge in [-0.25, -0.2) is 0 Å². The molecule has 3 heteroatoms. The first-order valence-electron chi connectivity index (χ1n) is 7.75. The Kier molecular flexibility index (Phi) is 2.86. The number of hydrogen-bond donors (Lipinski definition) is 1. The first-order chi connectivity index (χ1) is 10.6. The summed E-state index contributed by atoms with van der Waals surface area (Å²) in [5, 5.41) is 3.70. The van der Waals surface area contributed by atoms with Crippen molar-refractivity contribution in [2.75, 3.05) is 19.5 Å². The number of anilines is 1. The van der Waals surface area contributed by atoms with Crippen molar-refractivity contribution in [3.05, 3.63) is 52.1 Å². The van der Waals surface area contributed by atoms with E-state index in [0.717, 1.165) is 17.9 Å². The highest BCUT2D eigenvalue weighted by Crippen LogP contribution is 2.54. The van der Waals surface area contributed by atoms with Crippen molar-refractivity contribution in [3.63, 3.8) is 0 Å². The molecular formula is C19H21NO2. The van der Waals surface area contributed by atoms with Gasteiger partial charge in [-0.2, -0.15) is 0 Å². The average molecular weight is 295 g/mol. The van der Waals surface area contributed by atoms with Crippen LogP contribution in [0.4, 0.5) is 5.69 Å². The lowest BCUT2D eigenvalue weighted by Gasteiger charge is -2.16. The van der Waals surface area contributed by atoms with E-state index >= 15 is 0 Å². The molecular weight excluding hydrogens is 274 g/mol. The predicted molar refractivity (Wildman–Crippen MR) is 88.3 cm³/mol. The second kappa shape index (κ2) is 4.67. The van der Waals surface area contributed by atoms with E-state index in [1.165, 1.54) is 33.5 Å². The first kappa shape index (κ1) is 13.5. The second-order valence-corrected chi connectivity index (χ2v) is 6.31. The number of ether oxygens (including phenoxy) is 2. The van der Waals surface area contributed by atoms with E-state index in [2.05, 4.69) is 37.4 Å². The zero-order chi connectivity index (χ0) is 15.4. The maximum atomic E-state index is 5.59. The van der Waals surface area contributed by atoms with Crippen LogP contribution in [0.5, 0.6) is 11.5 Å². The van der Waals surface area contributed by atoms with Gasteiger partial charge in [0.25, 0.3) is 0 Å². The summed E-state index contributed by atoms with van der Waals surface area (Å²) in [5.74, 6) is 2.46. The van der Waals surface area contributed by atoms with Crippen LogP contribution in [-0.4, -0.2) is 14.2 Å². The van der Waals surface area contributed by atoms with Gasteiger partial charge in [0, 0.05) is 11.6 Å². The molecule has 0 fully saturated rings. The molecule has 4 rings (SSSR count). The zero-order valence-electron chi connectivity index (χ0n) is 13.5. The molecule has 0 amide bonds. The van der Waals surface area contributed by atoms with Gasteiger partial charge < -0.3 is 14.8 Å². The van der Waals surface area contributed by atoms with Gasteiger partial charge in [-0.05, 0) is 66.3 Å². The molecule has 1 N–H and O–H groups in total. The van der Waals surface area contributed by atoms with Crippen LogP contribution in [0.15, 0.2) is 24.3 Å². The van der Waals surface area contributed by atoms with Gasteiger partial charge in [0.2, 0.25) is 0 Å².